The molecule has 2 aromatic carbocycles. The van der Waals surface area contributed by atoms with E-state index >= 15 is 0 Å². The van der Waals surface area contributed by atoms with Gasteiger partial charge in [0.2, 0.25) is 0 Å². The molecule has 0 bridgehead atoms. The van der Waals surface area contributed by atoms with Crippen molar-refractivity contribution >= 4 is 27.5 Å². The summed E-state index contributed by atoms with van der Waals surface area (Å²) in [7, 11) is 0. The number of carbonyl (C=O) groups is 1. The van der Waals surface area contributed by atoms with E-state index in [0.717, 1.165) is 42.5 Å². The quantitative estimate of drug-likeness (QED) is 0.111. The monoisotopic (exact) mass is 742 g/mol. The Bertz CT molecular complexity index is 1580. The predicted octanol–water partition coefficient (Wildman–Crippen LogP) is 9.88. The summed E-state index contributed by atoms with van der Waals surface area (Å²) in [5.74, 6) is 1.04. The fraction of sp³-hybridized carbons (Fsp3) is 0.432. The van der Waals surface area contributed by atoms with Crippen molar-refractivity contribution in [1.82, 2.24) is 9.97 Å². The van der Waals surface area contributed by atoms with Crippen LogP contribution in [-0.4, -0.2) is 20.9 Å². The van der Waals surface area contributed by atoms with E-state index in [1.165, 1.54) is 38.9 Å². The summed E-state index contributed by atoms with van der Waals surface area (Å²) in [6.07, 6.45) is 10.1. The Morgan fingerprint density at radius 2 is 1.62 bits per heavy atom. The third-order valence-corrected chi connectivity index (χ3v) is 8.88. The van der Waals surface area contributed by atoms with E-state index in [9.17, 15) is 9.90 Å². The van der Waals surface area contributed by atoms with Gasteiger partial charge in [0.15, 0.2) is 5.78 Å². The second-order valence-electron chi connectivity index (χ2n) is 12.1. The van der Waals surface area contributed by atoms with E-state index in [0.29, 0.717) is 5.92 Å². The molecule has 0 atom stereocenters. The third kappa shape index (κ3) is 6.38. The number of benzene rings is 2. The molecule has 2 aromatic heterocycles. The predicted molar refractivity (Wildman–Crippen MR) is 171 cm³/mol. The molecule has 4 aromatic rings. The van der Waals surface area contributed by atoms with E-state index in [-0.39, 0.29) is 48.9 Å². The third-order valence-electron chi connectivity index (χ3n) is 8.88. The number of rotatable bonds is 8. The minimum atomic E-state index is -0.131. The van der Waals surface area contributed by atoms with Gasteiger partial charge in [-0.25, -0.2) is 0 Å². The van der Waals surface area contributed by atoms with Crippen LogP contribution in [0, 0.1) is 18.0 Å². The van der Waals surface area contributed by atoms with E-state index in [4.69, 9.17) is 4.98 Å². The van der Waals surface area contributed by atoms with Crippen LogP contribution in [0.5, 0.6) is 0 Å². The van der Waals surface area contributed by atoms with Crippen molar-refractivity contribution in [3.63, 3.8) is 0 Å². The second-order valence-corrected chi connectivity index (χ2v) is 12.1. The topological polar surface area (TPSA) is 63.1 Å². The Labute approximate surface area is 265 Å². The van der Waals surface area contributed by atoms with Crippen molar-refractivity contribution in [2.75, 3.05) is 0 Å². The Morgan fingerprint density at radius 3 is 2.24 bits per heavy atom. The normalized spacial score (nSPS) is 13.6. The Kier molecular flexibility index (Phi) is 11.3. The van der Waals surface area contributed by atoms with Gasteiger partial charge in [0.05, 0.1) is 5.76 Å². The summed E-state index contributed by atoms with van der Waals surface area (Å²) in [6, 6.07) is 15.2. The molecular weight excluding hydrogens is 697 g/mol. The number of nitrogens with zero attached hydrogens (tertiary/aromatic N) is 2. The molecule has 5 heteroatoms. The molecule has 4 nitrogen and oxygen atoms in total. The van der Waals surface area contributed by atoms with E-state index in [1.54, 1.807) is 0 Å². The molecule has 1 aliphatic carbocycles. The number of carbonyl (C=O) groups excluding carboxylic acids is 1. The van der Waals surface area contributed by atoms with E-state index < -0.39 is 0 Å². The Hall–Kier alpha value is -2.88. The molecular formula is C37H45IrN2O2-. The van der Waals surface area contributed by atoms with Crippen molar-refractivity contribution in [3.8, 4) is 11.3 Å². The number of pyridine rings is 2. The minimum absolute atomic E-state index is 0. The summed E-state index contributed by atoms with van der Waals surface area (Å²) in [5, 5.41) is 13.5. The molecule has 1 N–H and O–H groups in total. The van der Waals surface area contributed by atoms with Crippen LogP contribution in [0.2, 0.25) is 0 Å². The van der Waals surface area contributed by atoms with Gasteiger partial charge in [0, 0.05) is 44.2 Å². The van der Waals surface area contributed by atoms with Crippen molar-refractivity contribution in [1.29, 1.82) is 0 Å². The first-order valence-corrected chi connectivity index (χ1v) is 15.3. The molecule has 0 spiro atoms. The molecule has 0 amide bonds. The summed E-state index contributed by atoms with van der Waals surface area (Å²) in [6.45, 7) is 17.2. The van der Waals surface area contributed by atoms with Crippen LogP contribution in [0.15, 0.2) is 60.5 Å². The average molecular weight is 742 g/mol. The standard InChI is InChI=1S/C24H21N2.C13H24O2.Ir/c1-14(2)16-11-15-9-10-25-23-18-13-26-20-8-6-5-7-17(20)22(18)24(3,4)19(12-16)21(15)23;1-5-10(6-2)12(14)9-13(15)11(7-3)8-4;/h5-12,14H,1-4H3;9-11,14H,5-8H2,1-4H3;/q-1;;/b;12-9-;. The zero-order valence-corrected chi connectivity index (χ0v) is 28.7. The number of hydrogen-bond donors (Lipinski definition) is 1. The van der Waals surface area contributed by atoms with Crippen LogP contribution in [0.4, 0.5) is 0 Å². The molecule has 2 heterocycles. The van der Waals surface area contributed by atoms with Crippen LogP contribution < -0.4 is 0 Å². The van der Waals surface area contributed by atoms with Gasteiger partial charge in [-0.05, 0) is 82.4 Å². The van der Waals surface area contributed by atoms with Gasteiger partial charge < -0.3 is 15.1 Å². The zero-order chi connectivity index (χ0) is 29.9. The van der Waals surface area contributed by atoms with Gasteiger partial charge in [0.1, 0.15) is 0 Å². The van der Waals surface area contributed by atoms with Crippen molar-refractivity contribution in [2.45, 2.75) is 92.4 Å². The number of para-hydroxylation sites is 1. The van der Waals surface area contributed by atoms with Crippen LogP contribution in [0.25, 0.3) is 32.9 Å². The zero-order valence-electron chi connectivity index (χ0n) is 26.3. The van der Waals surface area contributed by atoms with Gasteiger partial charge in [0.25, 0.3) is 0 Å². The maximum atomic E-state index is 11.7. The first kappa shape index (κ1) is 33.6. The van der Waals surface area contributed by atoms with Crippen molar-refractivity contribution < 1.29 is 30.0 Å². The fourth-order valence-electron chi connectivity index (χ4n) is 6.18. The number of aliphatic hydroxyl groups is 1. The first-order valence-electron chi connectivity index (χ1n) is 15.3. The second kappa shape index (κ2) is 14.1. The molecule has 0 fully saturated rings. The maximum Gasteiger partial charge on any atom is 0.162 e. The maximum absolute atomic E-state index is 11.7. The van der Waals surface area contributed by atoms with Gasteiger partial charge in [-0.15, -0.1) is 11.1 Å². The number of aromatic nitrogens is 2. The molecule has 225 valence electrons. The summed E-state index contributed by atoms with van der Waals surface area (Å²) in [5.41, 5.74) is 6.95. The molecule has 0 saturated carbocycles. The molecule has 5 rings (SSSR count). The molecule has 0 unspecified atom stereocenters. The average Bonchev–Trinajstić information content (AvgIpc) is 2.96. The largest absolute Gasteiger partial charge is 0.512 e. The number of hydrogen-bond acceptors (Lipinski definition) is 4. The Morgan fingerprint density at radius 1 is 0.976 bits per heavy atom. The number of allylic oxidation sites excluding steroid dienone is 2. The van der Waals surface area contributed by atoms with Crippen LogP contribution in [0.3, 0.4) is 0 Å². The summed E-state index contributed by atoms with van der Waals surface area (Å²) in [4.78, 5) is 21.1. The summed E-state index contributed by atoms with van der Waals surface area (Å²) >= 11 is 0. The van der Waals surface area contributed by atoms with E-state index in [1.807, 2.05) is 40.0 Å². The fourth-order valence-corrected chi connectivity index (χ4v) is 6.18. The molecule has 1 radical (unpaired) electrons. The minimum Gasteiger partial charge on any atom is -0.512 e. The first-order chi connectivity index (χ1) is 19.6. The molecule has 1 aliphatic rings. The van der Waals surface area contributed by atoms with Crippen molar-refractivity contribution in [3.05, 3.63) is 83.4 Å². The molecule has 0 aliphatic heterocycles. The molecule has 0 saturated heterocycles. The van der Waals surface area contributed by atoms with Crippen LogP contribution >= 0.6 is 0 Å². The van der Waals surface area contributed by atoms with Gasteiger partial charge in [-0.3, -0.25) is 4.79 Å². The summed E-state index contributed by atoms with van der Waals surface area (Å²) < 4.78 is 0. The smallest absolute Gasteiger partial charge is 0.162 e. The van der Waals surface area contributed by atoms with Crippen molar-refractivity contribution in [2.24, 2.45) is 11.8 Å². The number of ketones is 1. The Balaban J connectivity index is 0.000000263. The van der Waals surface area contributed by atoms with E-state index in [2.05, 4.69) is 75.3 Å². The van der Waals surface area contributed by atoms with Gasteiger partial charge in [-0.2, -0.15) is 0 Å². The van der Waals surface area contributed by atoms with Crippen LogP contribution in [0.1, 0.15) is 104 Å². The number of aliphatic hydroxyl groups excluding tert-OH is 1. The van der Waals surface area contributed by atoms with Gasteiger partial charge in [-0.1, -0.05) is 97.2 Å². The SMILES string of the molecule is CC(C)c1cc2c3c(nccc3c1)-c1[c-]nc3ccccc3c1C2(C)C.CCC(CC)C(=O)/C=C(\O)C(CC)CC.[Ir]. The number of fused-ring (bicyclic) bond motifs is 4. The molecule has 42 heavy (non-hydrogen) atoms. The van der Waals surface area contributed by atoms with Gasteiger partial charge >= 0.3 is 0 Å². The van der Waals surface area contributed by atoms with Crippen LogP contribution in [-0.2, 0) is 30.3 Å².